The molecule has 1 heterocycles. The van der Waals surface area contributed by atoms with Crippen molar-refractivity contribution in [3.63, 3.8) is 0 Å². The summed E-state index contributed by atoms with van der Waals surface area (Å²) in [5.74, 6) is 0.555. The number of hydrogen-bond acceptors (Lipinski definition) is 6. The SMILES string of the molecule is COc1cc2c(cc1CSC(C)(C)C(=O)O)SN(C)CCN2c1ccccc1. The second kappa shape index (κ2) is 8.68. The number of nitrogens with zero attached hydrogens (tertiary/aromatic N) is 2. The zero-order chi connectivity index (χ0) is 20.3. The first kappa shape index (κ1) is 20.9. The number of aliphatic carboxylic acids is 1. The molecule has 0 saturated carbocycles. The van der Waals surface area contributed by atoms with Gasteiger partial charge in [-0.05, 0) is 51.0 Å². The molecule has 0 atom stereocenters. The molecular weight excluding hydrogens is 392 g/mol. The van der Waals surface area contributed by atoms with Crippen molar-refractivity contribution in [1.29, 1.82) is 0 Å². The number of methoxy groups -OCH3 is 1. The van der Waals surface area contributed by atoms with Crippen LogP contribution in [0.1, 0.15) is 19.4 Å². The first-order valence-electron chi connectivity index (χ1n) is 9.12. The molecule has 2 aromatic carbocycles. The molecular formula is C21H26N2O3S2. The van der Waals surface area contributed by atoms with Gasteiger partial charge in [0.1, 0.15) is 10.5 Å². The average Bonchev–Trinajstić information content (AvgIpc) is 2.83. The highest BCUT2D eigenvalue weighted by Crippen LogP contribution is 2.43. The lowest BCUT2D eigenvalue weighted by Crippen LogP contribution is -2.27. The van der Waals surface area contributed by atoms with Gasteiger partial charge in [0.15, 0.2) is 0 Å². The molecule has 28 heavy (non-hydrogen) atoms. The Morgan fingerprint density at radius 3 is 2.61 bits per heavy atom. The summed E-state index contributed by atoms with van der Waals surface area (Å²) in [6, 6.07) is 14.6. The van der Waals surface area contributed by atoms with Gasteiger partial charge >= 0.3 is 5.97 Å². The van der Waals surface area contributed by atoms with Crippen molar-refractivity contribution >= 4 is 41.1 Å². The maximum Gasteiger partial charge on any atom is 0.319 e. The molecule has 1 aliphatic heterocycles. The lowest BCUT2D eigenvalue weighted by atomic mass is 10.1. The summed E-state index contributed by atoms with van der Waals surface area (Å²) in [6.07, 6.45) is 0. The number of carboxylic acids is 1. The van der Waals surface area contributed by atoms with E-state index in [-0.39, 0.29) is 0 Å². The van der Waals surface area contributed by atoms with Crippen molar-refractivity contribution in [3.05, 3.63) is 48.0 Å². The summed E-state index contributed by atoms with van der Waals surface area (Å²) in [6.45, 7) is 5.27. The lowest BCUT2D eigenvalue weighted by molar-refractivity contribution is -0.138. The topological polar surface area (TPSA) is 53.0 Å². The molecule has 3 rings (SSSR count). The summed E-state index contributed by atoms with van der Waals surface area (Å²) < 4.78 is 7.06. The first-order chi connectivity index (χ1) is 13.3. The van der Waals surface area contributed by atoms with Gasteiger partial charge in [-0.3, -0.25) is 4.79 Å². The van der Waals surface area contributed by atoms with Crippen LogP contribution in [0.15, 0.2) is 47.4 Å². The van der Waals surface area contributed by atoms with Gasteiger partial charge in [0.25, 0.3) is 0 Å². The summed E-state index contributed by atoms with van der Waals surface area (Å²) in [4.78, 5) is 14.9. The Balaban J connectivity index is 1.99. The third-order valence-corrected chi connectivity index (χ3v) is 7.09. The van der Waals surface area contributed by atoms with E-state index in [0.717, 1.165) is 40.7 Å². The fourth-order valence-corrected chi connectivity index (χ4v) is 4.78. The average molecular weight is 419 g/mol. The van der Waals surface area contributed by atoms with Gasteiger partial charge in [0, 0.05) is 41.1 Å². The predicted octanol–water partition coefficient (Wildman–Crippen LogP) is 4.88. The largest absolute Gasteiger partial charge is 0.496 e. The van der Waals surface area contributed by atoms with E-state index >= 15 is 0 Å². The Kier molecular flexibility index (Phi) is 6.47. The molecule has 7 heteroatoms. The third kappa shape index (κ3) is 4.59. The van der Waals surface area contributed by atoms with E-state index in [4.69, 9.17) is 4.74 Å². The number of benzene rings is 2. The summed E-state index contributed by atoms with van der Waals surface area (Å²) >= 11 is 3.12. The van der Waals surface area contributed by atoms with Crippen molar-refractivity contribution in [3.8, 4) is 5.75 Å². The van der Waals surface area contributed by atoms with Gasteiger partial charge in [-0.15, -0.1) is 11.8 Å². The smallest absolute Gasteiger partial charge is 0.319 e. The van der Waals surface area contributed by atoms with Crippen LogP contribution in [0.5, 0.6) is 5.75 Å². The van der Waals surface area contributed by atoms with E-state index in [0.29, 0.717) is 5.75 Å². The summed E-state index contributed by atoms with van der Waals surface area (Å²) in [5.41, 5.74) is 3.27. The molecule has 0 aliphatic carbocycles. The second-order valence-corrected chi connectivity index (χ2v) is 10.0. The van der Waals surface area contributed by atoms with Crippen LogP contribution in [0.2, 0.25) is 0 Å². The molecule has 0 aromatic heterocycles. The molecule has 5 nitrogen and oxygen atoms in total. The van der Waals surface area contributed by atoms with E-state index in [2.05, 4.69) is 40.5 Å². The Hall–Kier alpha value is -1.83. The molecule has 2 aromatic rings. The van der Waals surface area contributed by atoms with Gasteiger partial charge < -0.3 is 14.7 Å². The van der Waals surface area contributed by atoms with Crippen molar-refractivity contribution in [1.82, 2.24) is 4.31 Å². The van der Waals surface area contributed by atoms with Crippen molar-refractivity contribution in [2.75, 3.05) is 32.1 Å². The van der Waals surface area contributed by atoms with E-state index < -0.39 is 10.7 Å². The maximum absolute atomic E-state index is 11.4. The van der Waals surface area contributed by atoms with Crippen molar-refractivity contribution in [2.45, 2.75) is 29.2 Å². The molecule has 150 valence electrons. The standard InChI is InChI=1S/C21H26N2O3S2/c1-21(2,20(24)25)27-14-15-12-19-17(13-18(15)26-4)23(11-10-22(3)28-19)16-8-6-5-7-9-16/h5-9,12-13H,10-11,14H2,1-4H3,(H,24,25). The number of hydrogen-bond donors (Lipinski definition) is 1. The molecule has 0 radical (unpaired) electrons. The van der Waals surface area contributed by atoms with Crippen LogP contribution in [0.25, 0.3) is 0 Å². The minimum absolute atomic E-state index is 0.575. The third-order valence-electron chi connectivity index (χ3n) is 4.72. The minimum Gasteiger partial charge on any atom is -0.496 e. The van der Waals surface area contributed by atoms with Gasteiger partial charge in [0.2, 0.25) is 0 Å². The normalized spacial score (nSPS) is 15.1. The quantitative estimate of drug-likeness (QED) is 0.671. The van der Waals surface area contributed by atoms with Crippen LogP contribution in [-0.2, 0) is 10.5 Å². The molecule has 0 fully saturated rings. The maximum atomic E-state index is 11.4. The number of likely N-dealkylation sites (N-methyl/N-ethyl adjacent to an activating group) is 1. The first-order valence-corrected chi connectivity index (χ1v) is 10.9. The highest BCUT2D eigenvalue weighted by atomic mass is 32.2. The molecule has 0 unspecified atom stereocenters. The van der Waals surface area contributed by atoms with Crippen LogP contribution in [0.3, 0.4) is 0 Å². The van der Waals surface area contributed by atoms with E-state index in [1.165, 1.54) is 11.8 Å². The molecule has 0 saturated heterocycles. The second-order valence-electron chi connectivity index (χ2n) is 7.17. The van der Waals surface area contributed by atoms with Gasteiger partial charge in [0.05, 0.1) is 12.8 Å². The molecule has 1 aliphatic rings. The van der Waals surface area contributed by atoms with E-state index in [1.807, 2.05) is 18.2 Å². The molecule has 0 amide bonds. The Bertz CT molecular complexity index is 843. The minimum atomic E-state index is -0.849. The summed E-state index contributed by atoms with van der Waals surface area (Å²) in [7, 11) is 3.76. The molecule has 1 N–H and O–H groups in total. The highest BCUT2D eigenvalue weighted by molar-refractivity contribution is 8.00. The number of para-hydroxylation sites is 1. The number of carboxylic acid groups (broad SMARTS) is 1. The van der Waals surface area contributed by atoms with Crippen LogP contribution in [-0.4, -0.2) is 47.4 Å². The number of fused-ring (bicyclic) bond motifs is 1. The zero-order valence-corrected chi connectivity index (χ0v) is 18.3. The number of thioether (sulfide) groups is 1. The van der Waals surface area contributed by atoms with Crippen molar-refractivity contribution < 1.29 is 14.6 Å². The molecule has 0 bridgehead atoms. The van der Waals surface area contributed by atoms with Crippen LogP contribution >= 0.6 is 23.7 Å². The Labute approximate surface area is 175 Å². The zero-order valence-electron chi connectivity index (χ0n) is 16.6. The van der Waals surface area contributed by atoms with E-state index in [9.17, 15) is 9.90 Å². The number of ether oxygens (including phenoxy) is 1. The fraction of sp³-hybridized carbons (Fsp3) is 0.381. The lowest BCUT2D eigenvalue weighted by Gasteiger charge is -2.26. The van der Waals surface area contributed by atoms with Gasteiger partial charge in [-0.1, -0.05) is 18.2 Å². The Morgan fingerprint density at radius 2 is 1.96 bits per heavy atom. The van der Waals surface area contributed by atoms with Crippen LogP contribution < -0.4 is 9.64 Å². The molecule has 0 spiro atoms. The number of carbonyl (C=O) groups is 1. The van der Waals surface area contributed by atoms with E-state index in [1.54, 1.807) is 32.9 Å². The van der Waals surface area contributed by atoms with Crippen molar-refractivity contribution in [2.24, 2.45) is 0 Å². The fourth-order valence-electron chi connectivity index (χ4n) is 2.95. The number of anilines is 2. The monoisotopic (exact) mass is 418 g/mol. The predicted molar refractivity (Wildman–Crippen MR) is 118 cm³/mol. The van der Waals surface area contributed by atoms with Gasteiger partial charge in [-0.2, -0.15) is 0 Å². The van der Waals surface area contributed by atoms with Crippen LogP contribution in [0, 0.1) is 0 Å². The Morgan fingerprint density at radius 1 is 1.25 bits per heavy atom. The summed E-state index contributed by atoms with van der Waals surface area (Å²) in [5, 5.41) is 9.40. The van der Waals surface area contributed by atoms with Gasteiger partial charge in [-0.25, -0.2) is 4.31 Å². The van der Waals surface area contributed by atoms with Crippen LogP contribution in [0.4, 0.5) is 11.4 Å². The highest BCUT2D eigenvalue weighted by Gasteiger charge is 2.29. The number of rotatable bonds is 6.